The summed E-state index contributed by atoms with van der Waals surface area (Å²) in [5.74, 6) is -4.04. The second kappa shape index (κ2) is 25.5. The van der Waals surface area contributed by atoms with Gasteiger partial charge in [-0.1, -0.05) is 60.7 Å². The van der Waals surface area contributed by atoms with Gasteiger partial charge in [0.25, 0.3) is 60.7 Å². The van der Waals surface area contributed by atoms with E-state index in [0.717, 1.165) is 72.8 Å². The van der Waals surface area contributed by atoms with Gasteiger partial charge in [-0.15, -0.1) is 10.2 Å². The molecule has 2 heterocycles. The molecule has 8 aromatic carbocycles. The number of phenols is 2. The number of phenolic OH excluding ortho intramolecular Hbond substituents is 2. The lowest BCUT2D eigenvalue weighted by Gasteiger charge is -2.15. The number of aromatic nitrogens is 6. The summed E-state index contributed by atoms with van der Waals surface area (Å²) < 4.78 is 213. The van der Waals surface area contributed by atoms with E-state index in [0.29, 0.717) is 0 Å². The number of rotatable bonds is 20. The van der Waals surface area contributed by atoms with Gasteiger partial charge in [-0.05, 0) is 130 Å². The lowest BCUT2D eigenvalue weighted by Crippen LogP contribution is -2.07. The van der Waals surface area contributed by atoms with Crippen LogP contribution < -0.4 is 21.3 Å². The predicted octanol–water partition coefficient (Wildman–Crippen LogP) is 10.5. The fourth-order valence-corrected chi connectivity index (χ4v) is 12.9. The molecular formula is C52H36Cl2N14O20S6. The number of halogens is 2. The standard InChI is InChI=1S/C52H36Cl2N14O20S6/c53-47-59-49(63-51(61-47)57-35-23-33(89(71,72)73)17-27-19-39(93(83,84)85)43(45(69)41(27)35)67-65-29-7-3-1-4-8-29)55-31-15-13-25(37(21-31)91(77,78)79)11-12-26-14-16-32(22-38(26)92(80,81)82)56-50-60-48(54)62-52(64-50)58-36-24-34(90(74,75)76)18-28-20-40(94(86,87)88)44(46(70)42(28)36)68-66-30-9-5-2-6-10-30/h1-24,69-70H,(H,71,72,73)(H,74,75,76)(H,77,78,79)(H,80,81,82)(H,83,84,85)(H,86,87,88)(H2,55,57,59,61,63)(H2,56,58,60,62,64). The van der Waals surface area contributed by atoms with Crippen molar-refractivity contribution in [2.24, 2.45) is 20.5 Å². The van der Waals surface area contributed by atoms with E-state index >= 15 is 0 Å². The first-order valence-corrected chi connectivity index (χ1v) is 34.7. The van der Waals surface area contributed by atoms with Crippen LogP contribution in [-0.4, -0.2) is 118 Å². The summed E-state index contributed by atoms with van der Waals surface area (Å²) in [5, 5.41) is 46.3. The summed E-state index contributed by atoms with van der Waals surface area (Å²) in [6.45, 7) is 0. The van der Waals surface area contributed by atoms with Crippen LogP contribution in [0.1, 0.15) is 11.1 Å². The van der Waals surface area contributed by atoms with Crippen molar-refractivity contribution in [1.29, 1.82) is 0 Å². The number of aromatic hydroxyl groups is 2. The summed E-state index contributed by atoms with van der Waals surface area (Å²) in [4.78, 5) is 18.6. The quantitative estimate of drug-likeness (QED) is 0.0192. The van der Waals surface area contributed by atoms with Crippen molar-refractivity contribution in [1.82, 2.24) is 29.9 Å². The molecule has 0 aliphatic rings. The Kier molecular flexibility index (Phi) is 18.2. The predicted molar refractivity (Wildman–Crippen MR) is 336 cm³/mol. The topological polar surface area (TPSA) is 542 Å². The van der Waals surface area contributed by atoms with Crippen LogP contribution in [0, 0.1) is 0 Å². The van der Waals surface area contributed by atoms with Crippen LogP contribution in [0.25, 0.3) is 33.7 Å². The highest BCUT2D eigenvalue weighted by molar-refractivity contribution is 7.87. The molecule has 0 aliphatic carbocycles. The maximum Gasteiger partial charge on any atom is 0.296 e. The van der Waals surface area contributed by atoms with Crippen LogP contribution in [0.2, 0.25) is 10.6 Å². The third-order valence-electron chi connectivity index (χ3n) is 12.7. The zero-order chi connectivity index (χ0) is 68.0. The van der Waals surface area contributed by atoms with Gasteiger partial charge >= 0.3 is 0 Å². The lowest BCUT2D eigenvalue weighted by molar-refractivity contribution is 0.471. The highest BCUT2D eigenvalue weighted by atomic mass is 35.5. The van der Waals surface area contributed by atoms with Gasteiger partial charge in [0.1, 0.15) is 31.0 Å². The monoisotopic (exact) mass is 1440 g/mol. The van der Waals surface area contributed by atoms with E-state index in [9.17, 15) is 88.0 Å². The summed E-state index contributed by atoms with van der Waals surface area (Å²) in [7, 11) is -31.0. The van der Waals surface area contributed by atoms with Crippen LogP contribution >= 0.6 is 23.2 Å². The minimum atomic E-state index is -5.23. The van der Waals surface area contributed by atoms with Gasteiger partial charge in [-0.2, -0.15) is 90.6 Å². The van der Waals surface area contributed by atoms with Crippen LogP contribution in [0.3, 0.4) is 0 Å². The Balaban J connectivity index is 0.937. The van der Waals surface area contributed by atoms with Crippen molar-refractivity contribution in [3.05, 3.63) is 155 Å². The van der Waals surface area contributed by atoms with Gasteiger partial charge in [0.05, 0.1) is 32.5 Å². The summed E-state index contributed by atoms with van der Waals surface area (Å²) in [6.07, 6.45) is 2.06. The van der Waals surface area contributed by atoms with Crippen LogP contribution in [-0.2, 0) is 60.7 Å². The molecule has 10 rings (SSSR count). The van der Waals surface area contributed by atoms with Crippen molar-refractivity contribution < 1.29 is 88.0 Å². The molecule has 0 amide bonds. The number of azo groups is 2. The second-order valence-electron chi connectivity index (χ2n) is 19.0. The van der Waals surface area contributed by atoms with E-state index < -0.39 is 180 Å². The van der Waals surface area contributed by atoms with Crippen molar-refractivity contribution in [3.63, 3.8) is 0 Å². The normalized spacial score (nSPS) is 12.7. The smallest absolute Gasteiger partial charge is 0.296 e. The molecule has 484 valence electrons. The molecule has 0 radical (unpaired) electrons. The number of anilines is 8. The summed E-state index contributed by atoms with van der Waals surface area (Å²) >= 11 is 12.5. The largest absolute Gasteiger partial charge is 0.505 e. The number of benzene rings is 8. The number of nitrogens with zero attached hydrogens (tertiary/aromatic N) is 10. The van der Waals surface area contributed by atoms with Crippen molar-refractivity contribution >= 4 is 187 Å². The van der Waals surface area contributed by atoms with Gasteiger partial charge in [-0.25, -0.2) is 0 Å². The van der Waals surface area contributed by atoms with Crippen LogP contribution in [0.4, 0.5) is 69.3 Å². The molecule has 0 aliphatic heterocycles. The van der Waals surface area contributed by atoms with Gasteiger partial charge < -0.3 is 31.5 Å². The average molecular weight is 1440 g/mol. The first kappa shape index (κ1) is 67.0. The third-order valence-corrected chi connectivity index (χ3v) is 18.2. The first-order valence-electron chi connectivity index (χ1n) is 25.3. The van der Waals surface area contributed by atoms with Crippen molar-refractivity contribution in [2.45, 2.75) is 29.4 Å². The van der Waals surface area contributed by atoms with Gasteiger partial charge in [-0.3, -0.25) is 27.3 Å². The fourth-order valence-electron chi connectivity index (χ4n) is 8.75. The van der Waals surface area contributed by atoms with E-state index in [1.54, 1.807) is 36.4 Å². The Morgan fingerprint density at radius 1 is 0.362 bits per heavy atom. The molecule has 0 saturated carbocycles. The van der Waals surface area contributed by atoms with E-state index in [4.69, 9.17) is 23.2 Å². The minimum Gasteiger partial charge on any atom is -0.505 e. The van der Waals surface area contributed by atoms with E-state index in [1.165, 1.54) is 36.4 Å². The van der Waals surface area contributed by atoms with Gasteiger partial charge in [0, 0.05) is 22.1 Å². The minimum absolute atomic E-state index is 0.175. The number of fused-ring (bicyclic) bond motifs is 2. The molecule has 10 aromatic rings. The molecule has 0 fully saturated rings. The molecular weight excluding hydrogens is 1400 g/mol. The highest BCUT2D eigenvalue weighted by Crippen LogP contribution is 2.48. The van der Waals surface area contributed by atoms with Gasteiger partial charge in [0.2, 0.25) is 34.4 Å². The molecule has 34 nitrogen and oxygen atoms in total. The van der Waals surface area contributed by atoms with Gasteiger partial charge in [0.15, 0.2) is 11.5 Å². The number of hydrogen-bond acceptors (Lipinski definition) is 28. The maximum atomic E-state index is 12.9. The Hall–Kier alpha value is -9.92. The van der Waals surface area contributed by atoms with Crippen molar-refractivity contribution in [3.8, 4) is 11.5 Å². The molecule has 94 heavy (non-hydrogen) atoms. The molecule has 0 atom stereocenters. The number of nitrogens with one attached hydrogen (secondary N) is 4. The first-order chi connectivity index (χ1) is 44.0. The Morgan fingerprint density at radius 3 is 1.01 bits per heavy atom. The number of hydrogen-bond donors (Lipinski definition) is 12. The zero-order valence-electron chi connectivity index (χ0n) is 46.0. The Bertz CT molecular complexity index is 5290. The fraction of sp³-hybridized carbons (Fsp3) is 0. The molecule has 0 spiro atoms. The molecule has 0 saturated heterocycles. The molecule has 42 heteroatoms. The van der Waals surface area contributed by atoms with E-state index in [1.807, 2.05) is 0 Å². The second-order valence-corrected chi connectivity index (χ2v) is 28.1. The highest BCUT2D eigenvalue weighted by Gasteiger charge is 2.29. The van der Waals surface area contributed by atoms with E-state index in [-0.39, 0.29) is 33.9 Å². The Labute approximate surface area is 539 Å². The summed E-state index contributed by atoms with van der Waals surface area (Å²) in [5.41, 5.74) is -3.15. The third kappa shape index (κ3) is 15.4. The molecule has 2 aromatic heterocycles. The lowest BCUT2D eigenvalue weighted by atomic mass is 10.1. The SMILES string of the molecule is O=S(=O)(O)c1cc(Nc2nc(Cl)nc(Nc3ccc(C=Cc4ccc(Nc5nc(Cl)nc(Nc6cc(S(=O)(=O)O)cc7cc(S(=O)(=O)O)c(N=Nc8ccccc8)c(O)c67)n5)cc4S(=O)(=O)O)c(S(=O)(=O)O)c3)n2)c2c(O)c(N=Nc3ccccc3)c(S(=O)(=O)O)cc2c1. The average Bonchev–Trinajstić information content (AvgIpc) is 0.754. The van der Waals surface area contributed by atoms with Crippen LogP contribution in [0.5, 0.6) is 11.5 Å². The molecule has 12 N–H and O–H groups in total. The summed E-state index contributed by atoms with van der Waals surface area (Å²) in [6, 6.07) is 26.4. The maximum absolute atomic E-state index is 12.9. The Morgan fingerprint density at radius 2 is 0.691 bits per heavy atom. The van der Waals surface area contributed by atoms with Crippen LogP contribution in [0.15, 0.2) is 183 Å². The van der Waals surface area contributed by atoms with E-state index in [2.05, 4.69) is 71.6 Å². The van der Waals surface area contributed by atoms with Crippen molar-refractivity contribution in [2.75, 3.05) is 21.3 Å². The molecule has 0 bridgehead atoms. The zero-order valence-corrected chi connectivity index (χ0v) is 52.4. The molecule has 0 unspecified atom stereocenters.